The highest BCUT2D eigenvalue weighted by Gasteiger charge is 2.23. The molecule has 126 valence electrons. The van der Waals surface area contributed by atoms with E-state index < -0.39 is 0 Å². The lowest BCUT2D eigenvalue weighted by Gasteiger charge is -2.34. The Morgan fingerprint density at radius 3 is 2.38 bits per heavy atom. The van der Waals surface area contributed by atoms with Crippen LogP contribution in [0.25, 0.3) is 0 Å². The molecule has 1 saturated heterocycles. The van der Waals surface area contributed by atoms with Gasteiger partial charge in [-0.1, -0.05) is 0 Å². The van der Waals surface area contributed by atoms with Gasteiger partial charge in [0.05, 0.1) is 11.4 Å². The summed E-state index contributed by atoms with van der Waals surface area (Å²) in [4.78, 5) is 29.4. The third-order valence-electron chi connectivity index (χ3n) is 4.16. The SMILES string of the molecule is Cc1cc(C)c(NC(=O)N2CCN(c3ncccn3)CC2)c(C)n1. The molecule has 0 radical (unpaired) electrons. The van der Waals surface area contributed by atoms with Gasteiger partial charge in [-0.15, -0.1) is 0 Å². The van der Waals surface area contributed by atoms with Crippen LogP contribution in [0.5, 0.6) is 0 Å². The molecule has 7 heteroatoms. The minimum atomic E-state index is -0.0829. The first-order valence-electron chi connectivity index (χ1n) is 8.07. The average Bonchev–Trinajstić information content (AvgIpc) is 2.59. The number of pyridine rings is 1. The molecular formula is C17H22N6O. The first-order valence-corrected chi connectivity index (χ1v) is 8.07. The number of amides is 2. The van der Waals surface area contributed by atoms with E-state index in [0.717, 1.165) is 35.7 Å². The van der Waals surface area contributed by atoms with E-state index in [1.807, 2.05) is 31.7 Å². The third kappa shape index (κ3) is 3.45. The predicted octanol–water partition coefficient (Wildman–Crippen LogP) is 2.15. The van der Waals surface area contributed by atoms with E-state index in [-0.39, 0.29) is 6.03 Å². The van der Waals surface area contributed by atoms with Crippen molar-refractivity contribution in [2.24, 2.45) is 0 Å². The Balaban J connectivity index is 1.62. The summed E-state index contributed by atoms with van der Waals surface area (Å²) in [6.07, 6.45) is 3.47. The average molecular weight is 326 g/mol. The molecule has 1 fully saturated rings. The second-order valence-electron chi connectivity index (χ2n) is 5.99. The van der Waals surface area contributed by atoms with Crippen LogP contribution in [0.15, 0.2) is 24.5 Å². The van der Waals surface area contributed by atoms with Crippen molar-refractivity contribution in [1.82, 2.24) is 19.9 Å². The van der Waals surface area contributed by atoms with Crippen molar-refractivity contribution in [2.75, 3.05) is 36.4 Å². The molecule has 0 aliphatic carbocycles. The molecule has 0 unspecified atom stereocenters. The van der Waals surface area contributed by atoms with Crippen molar-refractivity contribution in [1.29, 1.82) is 0 Å². The van der Waals surface area contributed by atoms with E-state index in [2.05, 4.69) is 25.2 Å². The first kappa shape index (κ1) is 16.2. The fourth-order valence-corrected chi connectivity index (χ4v) is 2.96. The second kappa shape index (κ2) is 6.82. The van der Waals surface area contributed by atoms with Gasteiger partial charge in [0.1, 0.15) is 0 Å². The molecule has 2 aromatic heterocycles. The Hall–Kier alpha value is -2.70. The van der Waals surface area contributed by atoms with Gasteiger partial charge in [0.2, 0.25) is 5.95 Å². The Bertz CT molecular complexity index is 702. The van der Waals surface area contributed by atoms with Crippen molar-refractivity contribution in [3.63, 3.8) is 0 Å². The first-order chi connectivity index (χ1) is 11.5. The number of rotatable bonds is 2. The fraction of sp³-hybridized carbons (Fsp3) is 0.412. The molecule has 1 aliphatic heterocycles. The lowest BCUT2D eigenvalue weighted by molar-refractivity contribution is 0.208. The highest BCUT2D eigenvalue weighted by Crippen LogP contribution is 2.20. The fourth-order valence-electron chi connectivity index (χ4n) is 2.96. The zero-order chi connectivity index (χ0) is 17.1. The van der Waals surface area contributed by atoms with Gasteiger partial charge in [0.25, 0.3) is 0 Å². The Labute approximate surface area is 141 Å². The van der Waals surface area contributed by atoms with Crippen LogP contribution in [-0.4, -0.2) is 52.1 Å². The summed E-state index contributed by atoms with van der Waals surface area (Å²) in [7, 11) is 0. The molecule has 0 atom stereocenters. The summed E-state index contributed by atoms with van der Waals surface area (Å²) in [5.41, 5.74) is 3.64. The van der Waals surface area contributed by atoms with Crippen LogP contribution in [-0.2, 0) is 0 Å². The minimum Gasteiger partial charge on any atom is -0.337 e. The molecule has 2 aromatic rings. The number of anilines is 2. The zero-order valence-electron chi connectivity index (χ0n) is 14.3. The topological polar surface area (TPSA) is 74.2 Å². The third-order valence-corrected chi connectivity index (χ3v) is 4.16. The Morgan fingerprint density at radius 1 is 1.08 bits per heavy atom. The quantitative estimate of drug-likeness (QED) is 0.915. The lowest BCUT2D eigenvalue weighted by atomic mass is 10.1. The van der Waals surface area contributed by atoms with Crippen LogP contribution in [0.3, 0.4) is 0 Å². The number of carbonyl (C=O) groups excluding carboxylic acids is 1. The van der Waals surface area contributed by atoms with E-state index in [4.69, 9.17) is 0 Å². The van der Waals surface area contributed by atoms with Gasteiger partial charge in [0.15, 0.2) is 0 Å². The van der Waals surface area contributed by atoms with E-state index in [0.29, 0.717) is 19.0 Å². The van der Waals surface area contributed by atoms with Crippen molar-refractivity contribution in [2.45, 2.75) is 20.8 Å². The molecule has 1 N–H and O–H groups in total. The van der Waals surface area contributed by atoms with Gasteiger partial charge in [-0.3, -0.25) is 4.98 Å². The van der Waals surface area contributed by atoms with Crippen molar-refractivity contribution in [3.8, 4) is 0 Å². The molecule has 0 saturated carbocycles. The largest absolute Gasteiger partial charge is 0.337 e. The number of nitrogens with zero attached hydrogens (tertiary/aromatic N) is 5. The molecule has 3 rings (SSSR count). The van der Waals surface area contributed by atoms with Gasteiger partial charge in [-0.25, -0.2) is 14.8 Å². The molecule has 0 aromatic carbocycles. The maximum Gasteiger partial charge on any atom is 0.322 e. The van der Waals surface area contributed by atoms with E-state index in [9.17, 15) is 4.79 Å². The van der Waals surface area contributed by atoms with Crippen LogP contribution in [0.1, 0.15) is 17.0 Å². The minimum absolute atomic E-state index is 0.0829. The van der Waals surface area contributed by atoms with Crippen LogP contribution in [0, 0.1) is 20.8 Å². The number of aryl methyl sites for hydroxylation is 3. The van der Waals surface area contributed by atoms with Crippen molar-refractivity contribution >= 4 is 17.7 Å². The van der Waals surface area contributed by atoms with E-state index >= 15 is 0 Å². The standard InChI is InChI=1S/C17H22N6O/c1-12-11-13(2)20-14(3)15(12)21-17(24)23-9-7-22(8-10-23)16-18-5-4-6-19-16/h4-6,11H,7-10H2,1-3H3,(H,21,24). The molecular weight excluding hydrogens is 304 g/mol. The molecule has 3 heterocycles. The molecule has 2 amide bonds. The highest BCUT2D eigenvalue weighted by molar-refractivity contribution is 5.91. The summed E-state index contributed by atoms with van der Waals surface area (Å²) < 4.78 is 0. The normalized spacial score (nSPS) is 14.6. The van der Waals surface area contributed by atoms with Gasteiger partial charge in [0, 0.05) is 44.3 Å². The molecule has 1 aliphatic rings. The summed E-state index contributed by atoms with van der Waals surface area (Å²) in [6.45, 7) is 8.59. The van der Waals surface area contributed by atoms with Gasteiger partial charge in [-0.2, -0.15) is 0 Å². The number of carbonyl (C=O) groups is 1. The van der Waals surface area contributed by atoms with Crippen molar-refractivity contribution < 1.29 is 4.79 Å². The smallest absolute Gasteiger partial charge is 0.322 e. The maximum absolute atomic E-state index is 12.5. The number of hydrogen-bond donors (Lipinski definition) is 1. The monoisotopic (exact) mass is 326 g/mol. The summed E-state index contributed by atoms with van der Waals surface area (Å²) in [5, 5.41) is 3.00. The molecule has 7 nitrogen and oxygen atoms in total. The lowest BCUT2D eigenvalue weighted by Crippen LogP contribution is -2.50. The number of urea groups is 1. The number of hydrogen-bond acceptors (Lipinski definition) is 5. The number of aromatic nitrogens is 3. The van der Waals surface area contributed by atoms with E-state index in [1.165, 1.54) is 0 Å². The van der Waals surface area contributed by atoms with Gasteiger partial charge >= 0.3 is 6.03 Å². The van der Waals surface area contributed by atoms with Crippen molar-refractivity contribution in [3.05, 3.63) is 41.5 Å². The Morgan fingerprint density at radius 2 is 1.75 bits per heavy atom. The summed E-state index contributed by atoms with van der Waals surface area (Å²) >= 11 is 0. The summed E-state index contributed by atoms with van der Waals surface area (Å²) in [6, 6.07) is 3.70. The predicted molar refractivity (Wildman–Crippen MR) is 93.3 cm³/mol. The van der Waals surface area contributed by atoms with Gasteiger partial charge in [-0.05, 0) is 38.5 Å². The van der Waals surface area contributed by atoms with Gasteiger partial charge < -0.3 is 15.1 Å². The number of nitrogens with one attached hydrogen (secondary N) is 1. The maximum atomic E-state index is 12.5. The highest BCUT2D eigenvalue weighted by atomic mass is 16.2. The van der Waals surface area contributed by atoms with E-state index in [1.54, 1.807) is 18.5 Å². The van der Waals surface area contributed by atoms with Crippen LogP contribution in [0.2, 0.25) is 0 Å². The summed E-state index contributed by atoms with van der Waals surface area (Å²) in [5.74, 6) is 0.715. The zero-order valence-corrected chi connectivity index (χ0v) is 14.3. The molecule has 0 bridgehead atoms. The van der Waals surface area contributed by atoms with Crippen LogP contribution in [0.4, 0.5) is 16.4 Å². The Kier molecular flexibility index (Phi) is 4.59. The van der Waals surface area contributed by atoms with Crippen LogP contribution >= 0.6 is 0 Å². The number of piperazine rings is 1. The van der Waals surface area contributed by atoms with Crippen LogP contribution < -0.4 is 10.2 Å². The second-order valence-corrected chi connectivity index (χ2v) is 5.99. The molecule has 0 spiro atoms. The molecule has 24 heavy (non-hydrogen) atoms.